The van der Waals surface area contributed by atoms with Crippen molar-refractivity contribution in [2.24, 2.45) is 5.92 Å². The molecule has 1 aromatic heterocycles. The van der Waals surface area contributed by atoms with Gasteiger partial charge in [-0.25, -0.2) is 0 Å². The molecule has 3 aliphatic heterocycles. The number of fused-ring (bicyclic) bond motifs is 3. The van der Waals surface area contributed by atoms with Crippen molar-refractivity contribution in [2.45, 2.75) is 31.8 Å². The van der Waals surface area contributed by atoms with Crippen molar-refractivity contribution < 1.29 is 0 Å². The summed E-state index contributed by atoms with van der Waals surface area (Å²) in [6, 6.07) is 1.08. The van der Waals surface area contributed by atoms with E-state index >= 15 is 0 Å². The molecule has 4 nitrogen and oxygen atoms in total. The van der Waals surface area contributed by atoms with Gasteiger partial charge in [-0.2, -0.15) is 5.10 Å². The van der Waals surface area contributed by atoms with E-state index in [1.54, 1.807) is 0 Å². The molecule has 0 spiro atoms. The van der Waals surface area contributed by atoms with Gasteiger partial charge in [0.1, 0.15) is 0 Å². The molecule has 2 bridgehead atoms. The van der Waals surface area contributed by atoms with Crippen LogP contribution in [0.15, 0.2) is 12.4 Å². The highest BCUT2D eigenvalue weighted by Crippen LogP contribution is 2.28. The zero-order valence-corrected chi connectivity index (χ0v) is 9.82. The average Bonchev–Trinajstić information content (AvgIpc) is 2.84. The second-order valence-corrected chi connectivity index (χ2v) is 5.16. The Morgan fingerprint density at radius 1 is 1.50 bits per heavy atom. The summed E-state index contributed by atoms with van der Waals surface area (Å²) >= 11 is 0. The van der Waals surface area contributed by atoms with Crippen molar-refractivity contribution in [1.82, 2.24) is 20.4 Å². The minimum Gasteiger partial charge on any atom is -0.306 e. The van der Waals surface area contributed by atoms with Crippen LogP contribution in [-0.4, -0.2) is 40.8 Å². The van der Waals surface area contributed by atoms with Crippen molar-refractivity contribution in [3.05, 3.63) is 18.0 Å². The summed E-state index contributed by atoms with van der Waals surface area (Å²) < 4.78 is 0. The lowest BCUT2D eigenvalue weighted by Crippen LogP contribution is -2.56. The number of aromatic nitrogens is 2. The van der Waals surface area contributed by atoms with Gasteiger partial charge in [-0.1, -0.05) is 0 Å². The maximum absolute atomic E-state index is 4.01. The van der Waals surface area contributed by atoms with Gasteiger partial charge >= 0.3 is 0 Å². The molecule has 2 unspecified atom stereocenters. The van der Waals surface area contributed by atoms with Gasteiger partial charge in [0.2, 0.25) is 0 Å². The number of aromatic amines is 1. The third-order valence-electron chi connectivity index (χ3n) is 4.14. The van der Waals surface area contributed by atoms with Crippen molar-refractivity contribution >= 4 is 0 Å². The molecular formula is C12H20N4. The standard InChI is InChI=1S/C12H20N4/c1-9(11-6-13-14-7-11)15-12-8-16-4-2-10(12)3-5-16/h6-7,9-10,12,15H,2-5,8H2,1H3,(H,13,14). The Morgan fingerprint density at radius 3 is 2.88 bits per heavy atom. The van der Waals surface area contributed by atoms with Crippen LogP contribution in [0.1, 0.15) is 31.4 Å². The summed E-state index contributed by atoms with van der Waals surface area (Å²) in [7, 11) is 0. The van der Waals surface area contributed by atoms with Gasteiger partial charge in [-0.05, 0) is 38.8 Å². The normalized spacial score (nSPS) is 35.2. The highest BCUT2D eigenvalue weighted by Gasteiger charge is 2.34. The van der Waals surface area contributed by atoms with Gasteiger partial charge in [0, 0.05) is 30.4 Å². The lowest BCUT2D eigenvalue weighted by atomic mass is 9.83. The van der Waals surface area contributed by atoms with E-state index in [0.29, 0.717) is 12.1 Å². The van der Waals surface area contributed by atoms with Gasteiger partial charge < -0.3 is 10.2 Å². The van der Waals surface area contributed by atoms with Crippen LogP contribution in [0.25, 0.3) is 0 Å². The first-order valence-electron chi connectivity index (χ1n) is 6.30. The zero-order chi connectivity index (χ0) is 11.0. The van der Waals surface area contributed by atoms with Crippen LogP contribution in [0.4, 0.5) is 0 Å². The molecular weight excluding hydrogens is 200 g/mol. The molecule has 0 amide bonds. The molecule has 3 aliphatic rings. The third-order valence-corrected chi connectivity index (χ3v) is 4.14. The fourth-order valence-electron chi connectivity index (χ4n) is 3.07. The molecule has 88 valence electrons. The summed E-state index contributed by atoms with van der Waals surface area (Å²) in [6.07, 6.45) is 6.64. The maximum atomic E-state index is 4.01. The molecule has 3 saturated heterocycles. The molecule has 2 atom stereocenters. The van der Waals surface area contributed by atoms with Crippen LogP contribution in [0.2, 0.25) is 0 Å². The van der Waals surface area contributed by atoms with Gasteiger partial charge in [0.05, 0.1) is 6.20 Å². The summed E-state index contributed by atoms with van der Waals surface area (Å²) in [4.78, 5) is 2.58. The summed E-state index contributed by atoms with van der Waals surface area (Å²) in [5, 5.41) is 10.6. The molecule has 0 radical (unpaired) electrons. The monoisotopic (exact) mass is 220 g/mol. The summed E-state index contributed by atoms with van der Waals surface area (Å²) in [5.74, 6) is 0.888. The van der Waals surface area contributed by atoms with Gasteiger partial charge in [-0.15, -0.1) is 0 Å². The fourth-order valence-corrected chi connectivity index (χ4v) is 3.07. The Balaban J connectivity index is 1.62. The van der Waals surface area contributed by atoms with Crippen LogP contribution in [0.3, 0.4) is 0 Å². The third kappa shape index (κ3) is 1.87. The van der Waals surface area contributed by atoms with E-state index in [2.05, 4.69) is 27.3 Å². The van der Waals surface area contributed by atoms with E-state index in [9.17, 15) is 0 Å². The minimum absolute atomic E-state index is 0.407. The van der Waals surface area contributed by atoms with Gasteiger partial charge in [-0.3, -0.25) is 5.10 Å². The Kier molecular flexibility index (Phi) is 2.69. The topological polar surface area (TPSA) is 44.0 Å². The fraction of sp³-hybridized carbons (Fsp3) is 0.750. The van der Waals surface area contributed by atoms with Crippen molar-refractivity contribution in [2.75, 3.05) is 19.6 Å². The maximum Gasteiger partial charge on any atom is 0.0534 e. The molecule has 3 fully saturated rings. The highest BCUT2D eigenvalue weighted by atomic mass is 15.2. The number of rotatable bonds is 3. The van der Waals surface area contributed by atoms with E-state index in [1.165, 1.54) is 38.0 Å². The Labute approximate surface area is 96.4 Å². The molecule has 0 saturated carbocycles. The van der Waals surface area contributed by atoms with E-state index in [0.717, 1.165) is 5.92 Å². The van der Waals surface area contributed by atoms with Crippen LogP contribution in [0.5, 0.6) is 0 Å². The molecule has 4 rings (SSSR count). The molecule has 2 N–H and O–H groups in total. The first-order valence-corrected chi connectivity index (χ1v) is 6.30. The quantitative estimate of drug-likeness (QED) is 0.803. The predicted octanol–water partition coefficient (Wildman–Crippen LogP) is 1.15. The molecule has 4 heterocycles. The molecule has 1 aromatic rings. The molecule has 4 heteroatoms. The number of nitrogens with one attached hydrogen (secondary N) is 2. The number of hydrogen-bond donors (Lipinski definition) is 2. The Hall–Kier alpha value is -0.870. The van der Waals surface area contributed by atoms with Crippen molar-refractivity contribution in [3.63, 3.8) is 0 Å². The van der Waals surface area contributed by atoms with E-state index in [-0.39, 0.29) is 0 Å². The first-order chi connectivity index (χ1) is 7.83. The molecule has 0 aliphatic carbocycles. The van der Waals surface area contributed by atoms with E-state index < -0.39 is 0 Å². The SMILES string of the molecule is CC(NC1CN2CCC1CC2)c1cn[nH]c1. The van der Waals surface area contributed by atoms with Crippen LogP contribution >= 0.6 is 0 Å². The predicted molar refractivity (Wildman–Crippen MR) is 63.1 cm³/mol. The number of hydrogen-bond acceptors (Lipinski definition) is 3. The van der Waals surface area contributed by atoms with E-state index in [1.807, 2.05) is 12.4 Å². The smallest absolute Gasteiger partial charge is 0.0534 e. The van der Waals surface area contributed by atoms with Crippen molar-refractivity contribution in [1.29, 1.82) is 0 Å². The number of piperidine rings is 3. The first kappa shape index (κ1) is 10.3. The lowest BCUT2D eigenvalue weighted by molar-refractivity contribution is 0.0680. The second kappa shape index (κ2) is 4.18. The summed E-state index contributed by atoms with van der Waals surface area (Å²) in [6.45, 7) is 6.07. The minimum atomic E-state index is 0.407. The van der Waals surface area contributed by atoms with E-state index in [4.69, 9.17) is 0 Å². The largest absolute Gasteiger partial charge is 0.306 e. The average molecular weight is 220 g/mol. The number of nitrogens with zero attached hydrogens (tertiary/aromatic N) is 2. The molecule has 16 heavy (non-hydrogen) atoms. The summed E-state index contributed by atoms with van der Waals surface area (Å²) in [5.41, 5.74) is 1.26. The molecule has 0 aromatic carbocycles. The number of H-pyrrole nitrogens is 1. The van der Waals surface area contributed by atoms with Crippen molar-refractivity contribution in [3.8, 4) is 0 Å². The zero-order valence-electron chi connectivity index (χ0n) is 9.82. The second-order valence-electron chi connectivity index (χ2n) is 5.16. The van der Waals surface area contributed by atoms with Crippen LogP contribution < -0.4 is 5.32 Å². The van der Waals surface area contributed by atoms with Crippen LogP contribution in [0, 0.1) is 5.92 Å². The highest BCUT2D eigenvalue weighted by molar-refractivity contribution is 5.09. The van der Waals surface area contributed by atoms with Gasteiger partial charge in [0.15, 0.2) is 0 Å². The Bertz CT molecular complexity index is 327. The van der Waals surface area contributed by atoms with Crippen LogP contribution in [-0.2, 0) is 0 Å². The van der Waals surface area contributed by atoms with Gasteiger partial charge in [0.25, 0.3) is 0 Å². The Morgan fingerprint density at radius 2 is 2.31 bits per heavy atom. The lowest BCUT2D eigenvalue weighted by Gasteiger charge is -2.46.